The average molecular weight is 365 g/mol. The molecule has 1 aliphatic heterocycles. The number of hydrogen-bond acceptors (Lipinski definition) is 6. The third-order valence-corrected chi connectivity index (χ3v) is 4.94. The molecule has 1 atom stereocenters. The predicted octanol–water partition coefficient (Wildman–Crippen LogP) is 0.401. The lowest BCUT2D eigenvalue weighted by Crippen LogP contribution is -2.35. The topological polar surface area (TPSA) is 98.8 Å². The van der Waals surface area contributed by atoms with Gasteiger partial charge >= 0.3 is 0 Å². The summed E-state index contributed by atoms with van der Waals surface area (Å²) in [5.74, 6) is 0.498. The van der Waals surface area contributed by atoms with Gasteiger partial charge in [-0.2, -0.15) is 0 Å². The summed E-state index contributed by atoms with van der Waals surface area (Å²) in [6, 6.07) is 9.13. The van der Waals surface area contributed by atoms with E-state index in [0.717, 1.165) is 5.56 Å². The number of tetrazole rings is 1. The molecule has 0 saturated heterocycles. The summed E-state index contributed by atoms with van der Waals surface area (Å²) in [7, 11) is 1.69. The van der Waals surface area contributed by atoms with Crippen LogP contribution in [-0.4, -0.2) is 40.6 Å². The zero-order chi connectivity index (χ0) is 19.0. The lowest BCUT2D eigenvalue weighted by molar-refractivity contribution is -0.135. The second-order valence-corrected chi connectivity index (χ2v) is 6.64. The van der Waals surface area contributed by atoms with E-state index in [9.17, 15) is 9.59 Å². The Bertz CT molecular complexity index is 1030. The Balaban J connectivity index is 1.63. The number of aromatic nitrogens is 6. The molecule has 0 spiro atoms. The predicted molar refractivity (Wildman–Crippen MR) is 95.5 cm³/mol. The standard InChI is InChI=1S/C18H19N7O2/c1-12-20-15-10-24(9-14(15)17(26)23(12)2)18(27)16(25-11-19-21-22-25)8-13-6-4-3-5-7-13/h3-7,11,16H,8-10H2,1-2H3. The van der Waals surface area contributed by atoms with Crippen molar-refractivity contribution in [3.05, 3.63) is 69.7 Å². The molecule has 1 amide bonds. The van der Waals surface area contributed by atoms with E-state index in [1.165, 1.54) is 15.6 Å². The van der Waals surface area contributed by atoms with E-state index in [4.69, 9.17) is 0 Å². The zero-order valence-corrected chi connectivity index (χ0v) is 15.1. The molecule has 4 rings (SSSR count). The fourth-order valence-electron chi connectivity index (χ4n) is 3.34. The molecule has 9 heteroatoms. The highest BCUT2D eigenvalue weighted by atomic mass is 16.2. The first-order valence-corrected chi connectivity index (χ1v) is 8.65. The third kappa shape index (κ3) is 3.12. The van der Waals surface area contributed by atoms with Crippen LogP contribution < -0.4 is 5.56 Å². The molecule has 1 aromatic carbocycles. The fourth-order valence-corrected chi connectivity index (χ4v) is 3.34. The minimum atomic E-state index is -0.582. The Hall–Kier alpha value is -3.36. The maximum atomic E-state index is 13.3. The minimum Gasteiger partial charge on any atom is -0.330 e. The van der Waals surface area contributed by atoms with Gasteiger partial charge in [0.15, 0.2) is 0 Å². The quantitative estimate of drug-likeness (QED) is 0.664. The van der Waals surface area contributed by atoms with Gasteiger partial charge in [-0.1, -0.05) is 30.3 Å². The maximum Gasteiger partial charge on any atom is 0.258 e. The molecule has 0 fully saturated rings. The van der Waals surface area contributed by atoms with Crippen molar-refractivity contribution < 1.29 is 4.79 Å². The normalized spacial score (nSPS) is 14.2. The fraction of sp³-hybridized carbons (Fsp3) is 0.333. The van der Waals surface area contributed by atoms with Crippen LogP contribution in [0.5, 0.6) is 0 Å². The number of amides is 1. The van der Waals surface area contributed by atoms with Crippen LogP contribution in [0.25, 0.3) is 0 Å². The molecule has 1 aliphatic rings. The molecule has 0 N–H and O–H groups in total. The van der Waals surface area contributed by atoms with Gasteiger partial charge in [-0.25, -0.2) is 9.67 Å². The maximum absolute atomic E-state index is 13.3. The summed E-state index contributed by atoms with van der Waals surface area (Å²) >= 11 is 0. The van der Waals surface area contributed by atoms with Crippen molar-refractivity contribution in [1.82, 2.24) is 34.7 Å². The van der Waals surface area contributed by atoms with Crippen LogP contribution in [0.4, 0.5) is 0 Å². The number of rotatable bonds is 4. The SMILES string of the molecule is Cc1nc2c(c(=O)n1C)CN(C(=O)C(Cc1ccccc1)n1cnnn1)C2. The number of aryl methyl sites for hydroxylation is 1. The molecule has 9 nitrogen and oxygen atoms in total. The van der Waals surface area contributed by atoms with Crippen LogP contribution in [0.2, 0.25) is 0 Å². The number of carbonyl (C=O) groups excluding carboxylic acids is 1. The van der Waals surface area contributed by atoms with E-state index in [1.807, 2.05) is 30.3 Å². The Morgan fingerprint density at radius 3 is 2.70 bits per heavy atom. The van der Waals surface area contributed by atoms with Crippen LogP contribution in [0.1, 0.15) is 28.7 Å². The number of nitrogens with zero attached hydrogens (tertiary/aromatic N) is 7. The van der Waals surface area contributed by atoms with Gasteiger partial charge in [-0.05, 0) is 22.9 Å². The van der Waals surface area contributed by atoms with Crippen LogP contribution in [-0.2, 0) is 31.4 Å². The number of benzene rings is 1. The molecule has 0 bridgehead atoms. The molecular weight excluding hydrogens is 346 g/mol. The van der Waals surface area contributed by atoms with E-state index in [1.54, 1.807) is 18.9 Å². The largest absolute Gasteiger partial charge is 0.330 e. The van der Waals surface area contributed by atoms with E-state index < -0.39 is 6.04 Å². The molecule has 138 valence electrons. The van der Waals surface area contributed by atoms with Crippen molar-refractivity contribution in [2.75, 3.05) is 0 Å². The molecule has 1 unspecified atom stereocenters. The Kier molecular flexibility index (Phi) is 4.27. The number of hydrogen-bond donors (Lipinski definition) is 0. The van der Waals surface area contributed by atoms with Gasteiger partial charge in [-0.15, -0.1) is 5.10 Å². The summed E-state index contributed by atoms with van der Waals surface area (Å²) in [6.07, 6.45) is 1.90. The summed E-state index contributed by atoms with van der Waals surface area (Å²) in [4.78, 5) is 31.9. The van der Waals surface area contributed by atoms with Gasteiger partial charge < -0.3 is 4.90 Å². The number of fused-ring (bicyclic) bond motifs is 1. The van der Waals surface area contributed by atoms with Crippen molar-refractivity contribution in [2.45, 2.75) is 32.5 Å². The van der Waals surface area contributed by atoms with Gasteiger partial charge in [0.1, 0.15) is 18.2 Å². The van der Waals surface area contributed by atoms with Crippen molar-refractivity contribution in [2.24, 2.45) is 7.05 Å². The summed E-state index contributed by atoms with van der Waals surface area (Å²) in [6.45, 7) is 2.35. The molecule has 0 radical (unpaired) electrons. The first-order chi connectivity index (χ1) is 13.0. The molecule has 0 aliphatic carbocycles. The monoisotopic (exact) mass is 365 g/mol. The van der Waals surface area contributed by atoms with Gasteiger partial charge in [0.2, 0.25) is 5.91 Å². The highest BCUT2D eigenvalue weighted by molar-refractivity contribution is 5.81. The van der Waals surface area contributed by atoms with E-state index >= 15 is 0 Å². The lowest BCUT2D eigenvalue weighted by atomic mass is 10.1. The van der Waals surface area contributed by atoms with Crippen molar-refractivity contribution in [1.29, 1.82) is 0 Å². The third-order valence-electron chi connectivity index (χ3n) is 4.94. The van der Waals surface area contributed by atoms with E-state index in [-0.39, 0.29) is 18.0 Å². The summed E-state index contributed by atoms with van der Waals surface area (Å²) < 4.78 is 2.98. The summed E-state index contributed by atoms with van der Waals surface area (Å²) in [5.41, 5.74) is 2.15. The zero-order valence-electron chi connectivity index (χ0n) is 15.1. The van der Waals surface area contributed by atoms with Gasteiger partial charge in [0.05, 0.1) is 24.3 Å². The second-order valence-electron chi connectivity index (χ2n) is 6.64. The highest BCUT2D eigenvalue weighted by Gasteiger charge is 2.33. The second kappa shape index (κ2) is 6.75. The van der Waals surface area contributed by atoms with Gasteiger partial charge in [0.25, 0.3) is 5.56 Å². The van der Waals surface area contributed by atoms with E-state index in [2.05, 4.69) is 20.5 Å². The number of carbonyl (C=O) groups is 1. The lowest BCUT2D eigenvalue weighted by Gasteiger charge is -2.22. The van der Waals surface area contributed by atoms with Crippen LogP contribution >= 0.6 is 0 Å². The Labute approximate surface area is 155 Å². The average Bonchev–Trinajstić information content (AvgIpc) is 3.34. The molecule has 3 heterocycles. The highest BCUT2D eigenvalue weighted by Crippen LogP contribution is 2.23. The van der Waals surface area contributed by atoms with E-state index in [0.29, 0.717) is 30.0 Å². The van der Waals surface area contributed by atoms with Gasteiger partial charge in [-0.3, -0.25) is 14.2 Å². The van der Waals surface area contributed by atoms with Crippen LogP contribution in [0.15, 0.2) is 41.5 Å². The van der Waals surface area contributed by atoms with Crippen molar-refractivity contribution in [3.63, 3.8) is 0 Å². The van der Waals surface area contributed by atoms with Crippen LogP contribution in [0.3, 0.4) is 0 Å². The summed E-state index contributed by atoms with van der Waals surface area (Å²) in [5, 5.41) is 11.3. The molecular formula is C18H19N7O2. The molecule has 2 aromatic heterocycles. The smallest absolute Gasteiger partial charge is 0.258 e. The Morgan fingerprint density at radius 1 is 1.22 bits per heavy atom. The van der Waals surface area contributed by atoms with Crippen molar-refractivity contribution in [3.8, 4) is 0 Å². The van der Waals surface area contributed by atoms with Crippen molar-refractivity contribution >= 4 is 5.91 Å². The Morgan fingerprint density at radius 2 is 2.00 bits per heavy atom. The molecule has 0 saturated carbocycles. The first kappa shape index (κ1) is 17.1. The first-order valence-electron chi connectivity index (χ1n) is 8.65. The minimum absolute atomic E-state index is 0.102. The molecule has 3 aromatic rings. The van der Waals surface area contributed by atoms with Gasteiger partial charge in [0, 0.05) is 13.5 Å². The molecule has 27 heavy (non-hydrogen) atoms. The van der Waals surface area contributed by atoms with Crippen LogP contribution in [0, 0.1) is 6.92 Å².